The second-order valence-corrected chi connectivity index (χ2v) is 6.48. The van der Waals surface area contributed by atoms with Crippen LogP contribution in [0.4, 0.5) is 0 Å². The monoisotopic (exact) mass is 276 g/mol. The molecule has 4 heteroatoms. The van der Waals surface area contributed by atoms with E-state index in [4.69, 9.17) is 0 Å². The lowest BCUT2D eigenvalue weighted by Gasteiger charge is -2.36. The lowest BCUT2D eigenvalue weighted by molar-refractivity contribution is 0.101. The van der Waals surface area contributed by atoms with Gasteiger partial charge in [-0.3, -0.25) is 9.59 Å². The third kappa shape index (κ3) is 3.57. The van der Waals surface area contributed by atoms with E-state index in [1.165, 1.54) is 19.8 Å². The molecule has 0 bridgehead atoms. The fourth-order valence-corrected chi connectivity index (χ4v) is 2.61. The van der Waals surface area contributed by atoms with E-state index in [1.54, 1.807) is 22.9 Å². The van der Waals surface area contributed by atoms with Gasteiger partial charge in [0.15, 0.2) is 5.78 Å². The zero-order valence-corrected chi connectivity index (χ0v) is 12.7. The molecule has 1 saturated heterocycles. The molecule has 0 aromatic carbocycles. The molecule has 1 fully saturated rings. The fraction of sp³-hybridized carbons (Fsp3) is 0.625. The van der Waals surface area contributed by atoms with Crippen molar-refractivity contribution < 1.29 is 4.79 Å². The predicted octanol–water partition coefficient (Wildman–Crippen LogP) is 2.17. The second kappa shape index (κ2) is 5.92. The zero-order chi connectivity index (χ0) is 14.8. The first-order valence-electron chi connectivity index (χ1n) is 7.32. The third-order valence-corrected chi connectivity index (χ3v) is 4.27. The van der Waals surface area contributed by atoms with Gasteiger partial charge in [-0.05, 0) is 50.4 Å². The Kier molecular flexibility index (Phi) is 4.43. The molecule has 1 aromatic rings. The molecule has 1 aliphatic heterocycles. The van der Waals surface area contributed by atoms with Gasteiger partial charge in [-0.1, -0.05) is 13.8 Å². The van der Waals surface area contributed by atoms with Crippen molar-refractivity contribution in [3.05, 3.63) is 34.2 Å². The lowest BCUT2D eigenvalue weighted by atomic mass is 9.83. The summed E-state index contributed by atoms with van der Waals surface area (Å²) in [6, 6.07) is 3.38. The number of hydrogen-bond donors (Lipinski definition) is 0. The summed E-state index contributed by atoms with van der Waals surface area (Å²) in [6.45, 7) is 9.77. The van der Waals surface area contributed by atoms with Crippen molar-refractivity contribution in [2.24, 2.45) is 5.41 Å². The summed E-state index contributed by atoms with van der Waals surface area (Å²) in [7, 11) is 0. The predicted molar refractivity (Wildman–Crippen MR) is 80.2 cm³/mol. The van der Waals surface area contributed by atoms with Crippen LogP contribution in [0.25, 0.3) is 0 Å². The highest BCUT2D eigenvalue weighted by molar-refractivity contribution is 5.93. The number of carbonyl (C=O) groups is 1. The van der Waals surface area contributed by atoms with Crippen LogP contribution in [0.2, 0.25) is 0 Å². The lowest BCUT2D eigenvalue weighted by Crippen LogP contribution is -2.40. The summed E-state index contributed by atoms with van der Waals surface area (Å²) >= 11 is 0. The van der Waals surface area contributed by atoms with Crippen molar-refractivity contribution in [1.29, 1.82) is 0 Å². The first kappa shape index (κ1) is 15.0. The van der Waals surface area contributed by atoms with E-state index in [0.29, 0.717) is 12.0 Å². The highest BCUT2D eigenvalue weighted by Gasteiger charge is 2.24. The number of carbonyl (C=O) groups excluding carboxylic acids is 1. The SMILES string of the molecule is CC(=O)c1cccn(CCN2CCC(C)(C)CC2)c1=O. The van der Waals surface area contributed by atoms with Crippen molar-refractivity contribution in [2.75, 3.05) is 19.6 Å². The van der Waals surface area contributed by atoms with Crippen molar-refractivity contribution >= 4 is 5.78 Å². The molecule has 4 nitrogen and oxygen atoms in total. The van der Waals surface area contributed by atoms with Gasteiger partial charge in [0, 0.05) is 19.3 Å². The van der Waals surface area contributed by atoms with Crippen LogP contribution in [-0.4, -0.2) is 34.9 Å². The molecular formula is C16H24N2O2. The normalized spacial score (nSPS) is 18.9. The standard InChI is InChI=1S/C16H24N2O2/c1-13(19)14-5-4-8-18(15(14)20)12-11-17-9-6-16(2,3)7-10-17/h4-5,8H,6-7,9-12H2,1-3H3. The largest absolute Gasteiger partial charge is 0.314 e. The van der Waals surface area contributed by atoms with Crippen LogP contribution in [0, 0.1) is 5.41 Å². The average Bonchev–Trinajstić information content (AvgIpc) is 2.38. The minimum absolute atomic E-state index is 0.163. The van der Waals surface area contributed by atoms with Crippen LogP contribution in [0.5, 0.6) is 0 Å². The quantitative estimate of drug-likeness (QED) is 0.792. The third-order valence-electron chi connectivity index (χ3n) is 4.27. The topological polar surface area (TPSA) is 42.3 Å². The number of likely N-dealkylation sites (tertiary alicyclic amines) is 1. The molecule has 0 unspecified atom stereocenters. The maximum atomic E-state index is 12.1. The maximum absolute atomic E-state index is 12.1. The van der Waals surface area contributed by atoms with Gasteiger partial charge in [0.25, 0.3) is 5.56 Å². The van der Waals surface area contributed by atoms with Gasteiger partial charge >= 0.3 is 0 Å². The van der Waals surface area contributed by atoms with Gasteiger partial charge < -0.3 is 9.47 Å². The summed E-state index contributed by atoms with van der Waals surface area (Å²) < 4.78 is 1.65. The molecule has 110 valence electrons. The molecule has 20 heavy (non-hydrogen) atoms. The number of rotatable bonds is 4. The Balaban J connectivity index is 1.97. The minimum atomic E-state index is -0.169. The van der Waals surface area contributed by atoms with Gasteiger partial charge in [-0.15, -0.1) is 0 Å². The van der Waals surface area contributed by atoms with Gasteiger partial charge in [-0.2, -0.15) is 0 Å². The van der Waals surface area contributed by atoms with Crippen molar-refractivity contribution in [2.45, 2.75) is 40.2 Å². The van der Waals surface area contributed by atoms with Crippen LogP contribution in [0.1, 0.15) is 44.0 Å². The van der Waals surface area contributed by atoms with E-state index in [1.807, 2.05) is 0 Å². The summed E-state index contributed by atoms with van der Waals surface area (Å²) in [4.78, 5) is 25.9. The number of nitrogens with zero attached hydrogens (tertiary/aromatic N) is 2. The minimum Gasteiger partial charge on any atom is -0.314 e. The Labute approximate surface area is 120 Å². The van der Waals surface area contributed by atoms with Crippen molar-refractivity contribution in [3.8, 4) is 0 Å². The van der Waals surface area contributed by atoms with Crippen molar-refractivity contribution in [3.63, 3.8) is 0 Å². The highest BCUT2D eigenvalue weighted by atomic mass is 16.1. The number of aromatic nitrogens is 1. The molecule has 2 heterocycles. The molecule has 2 rings (SSSR count). The number of Topliss-reactive ketones (excluding diaryl/α,β-unsaturated/α-hetero) is 1. The zero-order valence-electron chi connectivity index (χ0n) is 12.7. The Morgan fingerprint density at radius 1 is 1.25 bits per heavy atom. The second-order valence-electron chi connectivity index (χ2n) is 6.48. The maximum Gasteiger partial charge on any atom is 0.261 e. The van der Waals surface area contributed by atoms with E-state index in [0.717, 1.165) is 19.6 Å². The Morgan fingerprint density at radius 2 is 1.90 bits per heavy atom. The van der Waals surface area contributed by atoms with Crippen LogP contribution in [0.15, 0.2) is 23.1 Å². The van der Waals surface area contributed by atoms with Crippen LogP contribution in [0.3, 0.4) is 0 Å². The molecule has 0 atom stereocenters. The summed E-state index contributed by atoms with van der Waals surface area (Å²) in [5, 5.41) is 0. The molecule has 0 amide bonds. The molecule has 0 spiro atoms. The number of ketones is 1. The van der Waals surface area contributed by atoms with Crippen LogP contribution >= 0.6 is 0 Å². The van der Waals surface area contributed by atoms with Crippen LogP contribution in [-0.2, 0) is 6.54 Å². The molecule has 0 saturated carbocycles. The number of hydrogen-bond acceptors (Lipinski definition) is 3. The Bertz CT molecular complexity index is 536. The molecule has 1 aromatic heterocycles. The van der Waals surface area contributed by atoms with Gasteiger partial charge in [-0.25, -0.2) is 0 Å². The number of piperidine rings is 1. The summed E-state index contributed by atoms with van der Waals surface area (Å²) in [5.74, 6) is -0.163. The van der Waals surface area contributed by atoms with E-state index in [9.17, 15) is 9.59 Å². The van der Waals surface area contributed by atoms with Gasteiger partial charge in [0.1, 0.15) is 0 Å². The Morgan fingerprint density at radius 3 is 2.50 bits per heavy atom. The average molecular weight is 276 g/mol. The summed E-state index contributed by atoms with van der Waals surface area (Å²) in [5.41, 5.74) is 0.562. The van der Waals surface area contributed by atoms with Crippen LogP contribution < -0.4 is 5.56 Å². The van der Waals surface area contributed by atoms with E-state index < -0.39 is 0 Å². The first-order valence-corrected chi connectivity index (χ1v) is 7.32. The van der Waals surface area contributed by atoms with Crippen molar-refractivity contribution in [1.82, 2.24) is 9.47 Å². The molecular weight excluding hydrogens is 252 g/mol. The molecule has 0 radical (unpaired) electrons. The summed E-state index contributed by atoms with van der Waals surface area (Å²) in [6.07, 6.45) is 4.17. The van der Waals surface area contributed by atoms with Gasteiger partial charge in [0.05, 0.1) is 5.56 Å². The molecule has 1 aliphatic rings. The highest BCUT2D eigenvalue weighted by Crippen LogP contribution is 2.29. The van der Waals surface area contributed by atoms with E-state index >= 15 is 0 Å². The van der Waals surface area contributed by atoms with E-state index in [2.05, 4.69) is 18.7 Å². The first-order chi connectivity index (χ1) is 9.39. The number of pyridine rings is 1. The smallest absolute Gasteiger partial charge is 0.261 e. The fourth-order valence-electron chi connectivity index (χ4n) is 2.61. The van der Waals surface area contributed by atoms with Gasteiger partial charge in [0.2, 0.25) is 0 Å². The molecule has 0 N–H and O–H groups in total. The van der Waals surface area contributed by atoms with E-state index in [-0.39, 0.29) is 16.9 Å². The molecule has 0 aliphatic carbocycles. The Hall–Kier alpha value is -1.42.